The molecule has 3 aromatic carbocycles. The Kier molecular flexibility index (Phi) is 7.71. The van der Waals surface area contributed by atoms with Crippen LogP contribution >= 0.6 is 0 Å². The van der Waals surface area contributed by atoms with Gasteiger partial charge in [-0.1, -0.05) is 18.2 Å². The smallest absolute Gasteiger partial charge is 0.378 e. The Labute approximate surface area is 231 Å². The molecule has 0 saturated carbocycles. The van der Waals surface area contributed by atoms with Crippen molar-refractivity contribution in [1.82, 2.24) is 0 Å². The highest BCUT2D eigenvalue weighted by atomic mass is 32.2. The molecule has 2 fully saturated rings. The molecule has 0 radical (unpaired) electrons. The number of para-hydroxylation sites is 1. The molecular formula is C29H31F4N3O3S. The molecule has 0 spiro atoms. The van der Waals surface area contributed by atoms with Crippen LogP contribution in [0.25, 0.3) is 0 Å². The van der Waals surface area contributed by atoms with Crippen LogP contribution < -0.4 is 14.7 Å². The van der Waals surface area contributed by atoms with Gasteiger partial charge in [0, 0.05) is 50.1 Å². The number of halogens is 4. The van der Waals surface area contributed by atoms with Gasteiger partial charge in [-0.05, 0) is 61.9 Å². The normalized spacial score (nSPS) is 18.8. The van der Waals surface area contributed by atoms with Crippen molar-refractivity contribution in [2.75, 3.05) is 60.6 Å². The van der Waals surface area contributed by atoms with Crippen molar-refractivity contribution in [2.24, 2.45) is 0 Å². The number of hydrogen-bond donors (Lipinski definition) is 0. The molecule has 11 heteroatoms. The lowest BCUT2D eigenvalue weighted by Gasteiger charge is -2.43. The lowest BCUT2D eigenvalue weighted by molar-refractivity contribution is -0.137. The van der Waals surface area contributed by atoms with E-state index in [2.05, 4.69) is 4.90 Å². The third kappa shape index (κ3) is 5.36. The molecule has 0 aromatic heterocycles. The summed E-state index contributed by atoms with van der Waals surface area (Å²) >= 11 is 0. The van der Waals surface area contributed by atoms with Crippen LogP contribution in [0, 0.1) is 12.7 Å². The fourth-order valence-corrected chi connectivity index (χ4v) is 7.35. The first kappa shape index (κ1) is 28.2. The van der Waals surface area contributed by atoms with Gasteiger partial charge in [-0.25, -0.2) is 12.8 Å². The van der Waals surface area contributed by atoms with E-state index in [9.17, 15) is 26.0 Å². The number of nitrogens with zero attached hydrogens (tertiary/aromatic N) is 3. The van der Waals surface area contributed by atoms with E-state index in [-0.39, 0.29) is 41.2 Å². The summed E-state index contributed by atoms with van der Waals surface area (Å²) in [7, 11) is -3.93. The molecule has 2 saturated heterocycles. The average molecular weight is 578 g/mol. The van der Waals surface area contributed by atoms with Crippen LogP contribution in [-0.2, 0) is 20.8 Å². The predicted molar refractivity (Wildman–Crippen MR) is 147 cm³/mol. The van der Waals surface area contributed by atoms with Crippen LogP contribution in [0.5, 0.6) is 0 Å². The molecule has 1 atom stereocenters. The van der Waals surface area contributed by atoms with Gasteiger partial charge in [-0.3, -0.25) is 0 Å². The zero-order chi connectivity index (χ0) is 28.7. The first-order chi connectivity index (χ1) is 19.0. The number of alkyl halides is 3. The Hall–Kier alpha value is -3.31. The highest BCUT2D eigenvalue weighted by molar-refractivity contribution is 7.91. The highest BCUT2D eigenvalue weighted by Gasteiger charge is 2.37. The number of sulfone groups is 1. The minimum Gasteiger partial charge on any atom is -0.378 e. The molecular weight excluding hydrogens is 546 g/mol. The molecule has 0 N–H and O–H groups in total. The second kappa shape index (κ2) is 10.9. The fraction of sp³-hybridized carbons (Fsp3) is 0.379. The molecule has 3 aromatic rings. The van der Waals surface area contributed by atoms with Gasteiger partial charge < -0.3 is 19.4 Å². The summed E-state index contributed by atoms with van der Waals surface area (Å²) in [5.74, 6) is -0.949. The SMILES string of the molecule is Cc1c(N2CCOCC2)cccc1S(=O)(=O)c1ccccc1N1CCN(c2ccc(F)cc2C(F)(F)F)C[C@H]1C. The van der Waals surface area contributed by atoms with E-state index in [4.69, 9.17) is 4.74 Å². The maximum atomic E-state index is 14.1. The molecule has 2 aliphatic heterocycles. The number of anilines is 3. The van der Waals surface area contributed by atoms with Crippen molar-refractivity contribution in [2.45, 2.75) is 35.9 Å². The minimum atomic E-state index is -4.70. The summed E-state index contributed by atoms with van der Waals surface area (Å²) in [4.78, 5) is 5.99. The highest BCUT2D eigenvalue weighted by Crippen LogP contribution is 2.40. The summed E-state index contributed by atoms with van der Waals surface area (Å²) in [6, 6.07) is 14.4. The third-order valence-corrected chi connectivity index (χ3v) is 9.54. The maximum Gasteiger partial charge on any atom is 0.418 e. The maximum absolute atomic E-state index is 14.1. The first-order valence-electron chi connectivity index (χ1n) is 13.1. The number of hydrogen-bond acceptors (Lipinski definition) is 6. The van der Waals surface area contributed by atoms with E-state index in [0.717, 1.165) is 17.8 Å². The molecule has 0 bridgehead atoms. The zero-order valence-electron chi connectivity index (χ0n) is 22.3. The second-order valence-electron chi connectivity index (χ2n) is 10.1. The second-order valence-corrected chi connectivity index (χ2v) is 12.0. The Morgan fingerprint density at radius 3 is 2.20 bits per heavy atom. The molecule has 214 valence electrons. The molecule has 0 aliphatic carbocycles. The van der Waals surface area contributed by atoms with E-state index in [1.54, 1.807) is 41.3 Å². The molecule has 0 amide bonds. The third-order valence-electron chi connectivity index (χ3n) is 7.59. The number of morpholine rings is 1. The van der Waals surface area contributed by atoms with Gasteiger partial charge in [-0.15, -0.1) is 0 Å². The van der Waals surface area contributed by atoms with E-state index >= 15 is 0 Å². The topological polar surface area (TPSA) is 53.1 Å². The lowest BCUT2D eigenvalue weighted by Crippen LogP contribution is -2.52. The Bertz CT molecular complexity index is 1490. The summed E-state index contributed by atoms with van der Waals surface area (Å²) in [5.41, 5.74) is 0.904. The van der Waals surface area contributed by atoms with Crippen molar-refractivity contribution >= 4 is 26.9 Å². The van der Waals surface area contributed by atoms with Crippen LogP contribution in [0.3, 0.4) is 0 Å². The molecule has 5 rings (SSSR count). The summed E-state index contributed by atoms with van der Waals surface area (Å²) in [5, 5.41) is 0. The van der Waals surface area contributed by atoms with Crippen molar-refractivity contribution in [3.05, 3.63) is 77.6 Å². The van der Waals surface area contributed by atoms with Crippen LogP contribution in [0.4, 0.5) is 34.6 Å². The summed E-state index contributed by atoms with van der Waals surface area (Å²) in [6.45, 7) is 6.85. The quantitative estimate of drug-likeness (QED) is 0.372. The van der Waals surface area contributed by atoms with E-state index in [1.165, 1.54) is 0 Å². The standard InChI is InChI=1S/C29H31F4N3O3S/c1-20-19-35(25-11-10-22(30)18-23(25)29(31,32)33)12-13-36(20)26-6-3-4-8-28(26)40(37,38)27-9-5-7-24(21(27)2)34-14-16-39-17-15-34/h3-11,18,20H,12-17,19H2,1-2H3/t20-/m1/s1. The zero-order valence-corrected chi connectivity index (χ0v) is 23.1. The molecule has 40 heavy (non-hydrogen) atoms. The number of piperazine rings is 1. The van der Waals surface area contributed by atoms with Crippen molar-refractivity contribution in [3.63, 3.8) is 0 Å². The van der Waals surface area contributed by atoms with Crippen LogP contribution in [-0.4, -0.2) is 60.4 Å². The lowest BCUT2D eigenvalue weighted by atomic mass is 10.1. The fourth-order valence-electron chi connectivity index (χ4n) is 5.63. The van der Waals surface area contributed by atoms with Crippen LogP contribution in [0.2, 0.25) is 0 Å². The largest absolute Gasteiger partial charge is 0.418 e. The van der Waals surface area contributed by atoms with Crippen molar-refractivity contribution < 1.29 is 30.7 Å². The van der Waals surface area contributed by atoms with Crippen LogP contribution in [0.15, 0.2) is 70.5 Å². The number of rotatable bonds is 5. The summed E-state index contributed by atoms with van der Waals surface area (Å²) < 4.78 is 88.3. The molecule has 0 unspecified atom stereocenters. The van der Waals surface area contributed by atoms with Crippen LogP contribution in [0.1, 0.15) is 18.1 Å². The first-order valence-corrected chi connectivity index (χ1v) is 14.6. The van der Waals surface area contributed by atoms with Gasteiger partial charge >= 0.3 is 6.18 Å². The predicted octanol–water partition coefficient (Wildman–Crippen LogP) is 5.54. The number of benzene rings is 3. The van der Waals surface area contributed by atoms with Gasteiger partial charge in [0.2, 0.25) is 9.84 Å². The monoisotopic (exact) mass is 577 g/mol. The van der Waals surface area contributed by atoms with Gasteiger partial charge in [0.1, 0.15) is 5.82 Å². The Morgan fingerprint density at radius 2 is 1.50 bits per heavy atom. The van der Waals surface area contributed by atoms with Crippen molar-refractivity contribution in [1.29, 1.82) is 0 Å². The Balaban J connectivity index is 1.45. The van der Waals surface area contributed by atoms with Gasteiger partial charge in [-0.2, -0.15) is 13.2 Å². The molecule has 6 nitrogen and oxygen atoms in total. The average Bonchev–Trinajstić information content (AvgIpc) is 2.93. The summed E-state index contributed by atoms with van der Waals surface area (Å²) in [6.07, 6.45) is -4.70. The van der Waals surface area contributed by atoms with Crippen molar-refractivity contribution in [3.8, 4) is 0 Å². The molecule has 2 aliphatic rings. The van der Waals surface area contributed by atoms with Gasteiger partial charge in [0.05, 0.1) is 34.3 Å². The Morgan fingerprint density at radius 1 is 0.825 bits per heavy atom. The van der Waals surface area contributed by atoms with Gasteiger partial charge in [0.15, 0.2) is 0 Å². The van der Waals surface area contributed by atoms with E-state index in [1.807, 2.05) is 24.8 Å². The van der Waals surface area contributed by atoms with E-state index in [0.29, 0.717) is 43.6 Å². The molecule has 2 heterocycles. The van der Waals surface area contributed by atoms with Gasteiger partial charge in [0.25, 0.3) is 0 Å². The minimum absolute atomic E-state index is 0.0862. The van der Waals surface area contributed by atoms with E-state index < -0.39 is 27.4 Å². The number of ether oxygens (including phenoxy) is 1.